The van der Waals surface area contributed by atoms with Gasteiger partial charge in [0.1, 0.15) is 21.6 Å². The smallest absolute Gasteiger partial charge is 0.298 e. The van der Waals surface area contributed by atoms with E-state index in [2.05, 4.69) is 62.4 Å². The van der Waals surface area contributed by atoms with Crippen molar-refractivity contribution < 1.29 is 9.59 Å². The minimum absolute atomic E-state index is 0.0267. The van der Waals surface area contributed by atoms with E-state index in [0.717, 1.165) is 72.8 Å². The maximum atomic E-state index is 11.8. The van der Waals surface area contributed by atoms with E-state index in [1.54, 1.807) is 32.5 Å². The van der Waals surface area contributed by atoms with E-state index < -0.39 is 0 Å². The van der Waals surface area contributed by atoms with Gasteiger partial charge in [-0.2, -0.15) is 18.7 Å². The van der Waals surface area contributed by atoms with Crippen molar-refractivity contribution in [3.63, 3.8) is 0 Å². The molecule has 8 heterocycles. The molecular formula is C34H34N12O2S4. The fourth-order valence-corrected chi connectivity index (χ4v) is 8.73. The van der Waals surface area contributed by atoms with Gasteiger partial charge in [0, 0.05) is 38.3 Å². The van der Waals surface area contributed by atoms with Crippen molar-refractivity contribution in [3.8, 4) is 12.3 Å². The third-order valence-corrected chi connectivity index (χ3v) is 11.7. The predicted molar refractivity (Wildman–Crippen MR) is 211 cm³/mol. The van der Waals surface area contributed by atoms with E-state index in [1.165, 1.54) is 29.1 Å². The zero-order valence-electron chi connectivity index (χ0n) is 28.3. The molecule has 2 amide bonds. The SMILES string of the molecule is C#CC(=O)N1CC[C@@H](Nc2nc(Nc3cc(C)ns3)nc3ccsc23)C1.C=CC(=O)N1CC[C@@H](Nc2nc(Nc3cc(C)ns3)nc3ccsc23)C1. The number of aryl methyl sites for hydroxylation is 2. The van der Waals surface area contributed by atoms with Gasteiger partial charge >= 0.3 is 0 Å². The number of thiophene rings is 2. The molecule has 0 radical (unpaired) electrons. The van der Waals surface area contributed by atoms with Gasteiger partial charge in [-0.1, -0.05) is 6.58 Å². The van der Waals surface area contributed by atoms with Crippen molar-refractivity contribution in [1.82, 2.24) is 38.5 Å². The maximum absolute atomic E-state index is 11.8. The molecule has 0 saturated carbocycles. The minimum Gasteiger partial charge on any atom is -0.364 e. The molecule has 0 unspecified atom stereocenters. The lowest BCUT2D eigenvalue weighted by Crippen LogP contribution is -2.30. The number of rotatable bonds is 9. The van der Waals surface area contributed by atoms with Gasteiger partial charge in [-0.05, 0) is 96.8 Å². The summed E-state index contributed by atoms with van der Waals surface area (Å²) in [5.74, 6) is 4.52. The van der Waals surface area contributed by atoms with Crippen LogP contribution in [-0.2, 0) is 9.59 Å². The van der Waals surface area contributed by atoms with Gasteiger partial charge in [-0.25, -0.2) is 9.97 Å². The van der Waals surface area contributed by atoms with Crippen molar-refractivity contribution >= 4 is 112 Å². The van der Waals surface area contributed by atoms with Gasteiger partial charge in [-0.3, -0.25) is 9.59 Å². The molecule has 2 saturated heterocycles. The van der Waals surface area contributed by atoms with Crippen molar-refractivity contribution in [3.05, 3.63) is 59.1 Å². The summed E-state index contributed by atoms with van der Waals surface area (Å²) in [6.07, 6.45) is 8.29. The summed E-state index contributed by atoms with van der Waals surface area (Å²) in [6, 6.07) is 8.16. The second-order valence-electron chi connectivity index (χ2n) is 12.1. The summed E-state index contributed by atoms with van der Waals surface area (Å²) in [5.41, 5.74) is 3.70. The van der Waals surface area contributed by atoms with Crippen LogP contribution < -0.4 is 21.3 Å². The average Bonchev–Trinajstić information content (AvgIpc) is 3.98. The molecule has 0 bridgehead atoms. The Labute approximate surface area is 315 Å². The number of nitrogens with one attached hydrogen (secondary N) is 4. The second kappa shape index (κ2) is 15.6. The number of likely N-dealkylation sites (tertiary alicyclic amines) is 2. The van der Waals surface area contributed by atoms with Crippen molar-refractivity contribution in [2.24, 2.45) is 0 Å². The Kier molecular flexibility index (Phi) is 10.5. The van der Waals surface area contributed by atoms with Crippen LogP contribution in [0.1, 0.15) is 24.2 Å². The molecule has 0 spiro atoms. The van der Waals surface area contributed by atoms with Gasteiger partial charge in [0.25, 0.3) is 5.91 Å². The predicted octanol–water partition coefficient (Wildman–Crippen LogP) is 6.24. The topological polar surface area (TPSA) is 166 Å². The number of hydrogen-bond acceptors (Lipinski definition) is 16. The van der Waals surface area contributed by atoms with Crippen LogP contribution in [-0.4, -0.2) is 88.6 Å². The number of amides is 2. The van der Waals surface area contributed by atoms with Gasteiger partial charge in [0.2, 0.25) is 17.8 Å². The molecule has 8 rings (SSSR count). The molecule has 266 valence electrons. The molecule has 2 fully saturated rings. The van der Waals surface area contributed by atoms with E-state index in [1.807, 2.05) is 48.9 Å². The third kappa shape index (κ3) is 8.12. The normalized spacial score (nSPS) is 16.7. The molecule has 6 aromatic rings. The molecule has 0 aromatic carbocycles. The number of aromatic nitrogens is 6. The highest BCUT2D eigenvalue weighted by molar-refractivity contribution is 7.18. The number of nitrogens with zero attached hydrogens (tertiary/aromatic N) is 8. The van der Waals surface area contributed by atoms with Crippen molar-refractivity contribution in [1.29, 1.82) is 0 Å². The Morgan fingerprint density at radius 3 is 1.79 bits per heavy atom. The number of fused-ring (bicyclic) bond motifs is 2. The molecule has 52 heavy (non-hydrogen) atoms. The van der Waals surface area contributed by atoms with Crippen LogP contribution in [0.2, 0.25) is 0 Å². The second-order valence-corrected chi connectivity index (χ2v) is 15.6. The Morgan fingerprint density at radius 1 is 0.827 bits per heavy atom. The Morgan fingerprint density at radius 2 is 1.33 bits per heavy atom. The average molecular weight is 771 g/mol. The summed E-state index contributed by atoms with van der Waals surface area (Å²) in [6.45, 7) is 10.1. The van der Waals surface area contributed by atoms with E-state index in [0.29, 0.717) is 31.5 Å². The monoisotopic (exact) mass is 770 g/mol. The van der Waals surface area contributed by atoms with Gasteiger partial charge in [0.15, 0.2) is 0 Å². The zero-order chi connectivity index (χ0) is 36.2. The molecule has 4 N–H and O–H groups in total. The molecule has 0 aliphatic carbocycles. The van der Waals surface area contributed by atoms with Gasteiger partial charge in [0.05, 0.1) is 31.8 Å². The Balaban J connectivity index is 0.000000162. The number of hydrogen-bond donors (Lipinski definition) is 4. The van der Waals surface area contributed by atoms with Crippen LogP contribution in [0.25, 0.3) is 20.4 Å². The van der Waals surface area contributed by atoms with Crippen LogP contribution in [0.5, 0.6) is 0 Å². The molecule has 18 heteroatoms. The first-order chi connectivity index (χ1) is 25.2. The first-order valence-corrected chi connectivity index (χ1v) is 19.7. The molecule has 2 atom stereocenters. The number of terminal acetylenes is 1. The largest absolute Gasteiger partial charge is 0.364 e. The highest BCUT2D eigenvalue weighted by Gasteiger charge is 2.27. The van der Waals surface area contributed by atoms with Crippen molar-refractivity contribution in [2.45, 2.75) is 38.8 Å². The van der Waals surface area contributed by atoms with Crippen LogP contribution in [0, 0.1) is 26.2 Å². The third-order valence-electron chi connectivity index (χ3n) is 8.29. The van der Waals surface area contributed by atoms with Crippen LogP contribution >= 0.6 is 45.7 Å². The lowest BCUT2D eigenvalue weighted by molar-refractivity contribution is -0.125. The lowest BCUT2D eigenvalue weighted by Gasteiger charge is -2.16. The number of carbonyl (C=O) groups is 2. The summed E-state index contributed by atoms with van der Waals surface area (Å²) in [4.78, 5) is 45.4. The minimum atomic E-state index is -0.263. The van der Waals surface area contributed by atoms with Crippen molar-refractivity contribution in [2.75, 3.05) is 47.4 Å². The summed E-state index contributed by atoms with van der Waals surface area (Å²) >= 11 is 5.96. The maximum Gasteiger partial charge on any atom is 0.298 e. The first-order valence-electron chi connectivity index (χ1n) is 16.4. The van der Waals surface area contributed by atoms with E-state index in [-0.39, 0.29) is 23.9 Å². The van der Waals surface area contributed by atoms with Gasteiger partial charge < -0.3 is 31.1 Å². The van der Waals surface area contributed by atoms with Crippen LogP contribution in [0.15, 0.2) is 47.7 Å². The molecule has 14 nitrogen and oxygen atoms in total. The summed E-state index contributed by atoms with van der Waals surface area (Å²) in [5, 5.41) is 19.2. The molecule has 2 aliphatic heterocycles. The highest BCUT2D eigenvalue weighted by atomic mass is 32.1. The van der Waals surface area contributed by atoms with E-state index >= 15 is 0 Å². The quantitative estimate of drug-likeness (QED) is 0.0967. The fraction of sp³-hybridized carbons (Fsp3) is 0.294. The zero-order valence-corrected chi connectivity index (χ0v) is 31.5. The van der Waals surface area contributed by atoms with E-state index in [9.17, 15) is 9.59 Å². The fourth-order valence-electron chi connectivity index (χ4n) is 5.85. The summed E-state index contributed by atoms with van der Waals surface area (Å²) < 4.78 is 10.5. The lowest BCUT2D eigenvalue weighted by atomic mass is 10.2. The molecule has 6 aromatic heterocycles. The van der Waals surface area contributed by atoms with Gasteiger partial charge in [-0.15, -0.1) is 29.1 Å². The summed E-state index contributed by atoms with van der Waals surface area (Å²) in [7, 11) is 0. The number of carbonyl (C=O) groups excluding carboxylic acids is 2. The number of anilines is 6. The highest BCUT2D eigenvalue weighted by Crippen LogP contribution is 2.32. The molecule has 2 aliphatic rings. The Bertz CT molecular complexity index is 2290. The standard InChI is InChI=1S/C17H18N6OS2.C17H16N6OS2/c2*1-3-14(24)23-6-4-11(9-23)18-16-15-12(5-7-25-15)19-17(21-16)20-13-8-10(2)22-26-13/h3,5,7-8,11H,1,4,6,9H2,2H3,(H2,18,19,20,21);1,5,7-8,11H,4,6,9H2,2H3,(H2,18,19,20,21)/t2*11-/m11/s1. The Hall–Kier alpha value is -5.22. The molecular weight excluding hydrogens is 737 g/mol. The first kappa shape index (κ1) is 35.2. The van der Waals surface area contributed by atoms with Crippen LogP contribution in [0.3, 0.4) is 0 Å². The van der Waals surface area contributed by atoms with Crippen LogP contribution in [0.4, 0.5) is 33.5 Å². The van der Waals surface area contributed by atoms with E-state index in [4.69, 9.17) is 6.42 Å².